The van der Waals surface area contributed by atoms with Crippen LogP contribution in [-0.2, 0) is 0 Å². The molecule has 1 saturated heterocycles. The second-order valence-electron chi connectivity index (χ2n) is 4.55. The molecule has 0 atom stereocenters. The lowest BCUT2D eigenvalue weighted by molar-refractivity contribution is 0.00920. The number of nitrogens with zero attached hydrogens (tertiary/aromatic N) is 1. The van der Waals surface area contributed by atoms with Crippen LogP contribution in [0.15, 0.2) is 0 Å². The quantitative estimate of drug-likeness (QED) is 0.572. The second kappa shape index (κ2) is 3.04. The predicted molar refractivity (Wildman–Crippen MR) is 50.8 cm³/mol. The molecule has 1 saturated carbocycles. The van der Waals surface area contributed by atoms with Crippen LogP contribution in [0.3, 0.4) is 0 Å². The van der Waals surface area contributed by atoms with Gasteiger partial charge in [-0.1, -0.05) is 0 Å². The van der Waals surface area contributed by atoms with Gasteiger partial charge in [-0.05, 0) is 56.7 Å². The van der Waals surface area contributed by atoms with E-state index in [4.69, 9.17) is 13.7 Å². The molecular weight excluding hydrogens is 147 g/mol. The Morgan fingerprint density at radius 3 is 2.42 bits per heavy atom. The number of piperidine rings is 1. The van der Waals surface area contributed by atoms with E-state index in [1.807, 2.05) is 4.81 Å². The summed E-state index contributed by atoms with van der Waals surface area (Å²) in [6.07, 6.45) is 5.30. The molecule has 1 aliphatic carbocycles. The summed E-state index contributed by atoms with van der Waals surface area (Å²) in [5.41, 5.74) is 6.27. The van der Waals surface area contributed by atoms with Crippen LogP contribution in [-0.4, -0.2) is 32.4 Å². The van der Waals surface area contributed by atoms with Gasteiger partial charge in [0, 0.05) is 0 Å². The SMILES string of the molecule is [B]N1CCC2(CC1)CC(CN)C2. The van der Waals surface area contributed by atoms with Crippen LogP contribution in [0.5, 0.6) is 0 Å². The van der Waals surface area contributed by atoms with Gasteiger partial charge in [-0.2, -0.15) is 0 Å². The Morgan fingerprint density at radius 1 is 1.33 bits per heavy atom. The Balaban J connectivity index is 1.83. The Kier molecular flexibility index (Phi) is 2.17. The topological polar surface area (TPSA) is 29.3 Å². The molecule has 3 heteroatoms. The second-order valence-corrected chi connectivity index (χ2v) is 4.55. The summed E-state index contributed by atoms with van der Waals surface area (Å²) in [6.45, 7) is 3.04. The molecule has 0 amide bonds. The fourth-order valence-corrected chi connectivity index (χ4v) is 2.74. The van der Waals surface area contributed by atoms with Crippen molar-refractivity contribution < 1.29 is 0 Å². The zero-order valence-electron chi connectivity index (χ0n) is 7.63. The van der Waals surface area contributed by atoms with Crippen molar-refractivity contribution in [3.63, 3.8) is 0 Å². The lowest BCUT2D eigenvalue weighted by Gasteiger charge is -2.52. The third-order valence-corrected chi connectivity index (χ3v) is 3.64. The van der Waals surface area contributed by atoms with Crippen molar-refractivity contribution in [3.05, 3.63) is 0 Å². The third-order valence-electron chi connectivity index (χ3n) is 3.64. The Hall–Kier alpha value is -0.0151. The summed E-state index contributed by atoms with van der Waals surface area (Å²) in [7, 11) is 5.71. The van der Waals surface area contributed by atoms with E-state index in [-0.39, 0.29) is 0 Å². The van der Waals surface area contributed by atoms with Crippen LogP contribution in [0.2, 0.25) is 0 Å². The van der Waals surface area contributed by atoms with Crippen molar-refractivity contribution >= 4 is 7.98 Å². The Labute approximate surface area is 75.9 Å². The van der Waals surface area contributed by atoms with Crippen molar-refractivity contribution in [2.24, 2.45) is 17.1 Å². The molecule has 2 nitrogen and oxygen atoms in total. The van der Waals surface area contributed by atoms with Crippen molar-refractivity contribution in [3.8, 4) is 0 Å². The molecule has 1 spiro atoms. The Morgan fingerprint density at radius 2 is 1.92 bits per heavy atom. The predicted octanol–water partition coefficient (Wildman–Crippen LogP) is 0.521. The first-order chi connectivity index (χ1) is 5.74. The van der Waals surface area contributed by atoms with Crippen molar-refractivity contribution in [2.75, 3.05) is 19.6 Å². The number of hydrogen-bond donors (Lipinski definition) is 1. The van der Waals surface area contributed by atoms with Gasteiger partial charge in [0.1, 0.15) is 0 Å². The standard InChI is InChI=1S/C9H17BN2/c10-12-3-1-9(2-4-12)5-8(6-9)7-11/h8H,1-7,11H2. The molecule has 1 aliphatic heterocycles. The normalized spacial score (nSPS) is 30.4. The molecule has 0 bridgehead atoms. The van der Waals surface area contributed by atoms with Gasteiger partial charge in [0.05, 0.1) is 0 Å². The minimum Gasteiger partial charge on any atom is -0.353 e. The maximum Gasteiger partial charge on any atom is 0.182 e. The molecule has 1 heterocycles. The number of nitrogens with two attached hydrogens (primary N) is 1. The van der Waals surface area contributed by atoms with E-state index < -0.39 is 0 Å². The summed E-state index contributed by atoms with van der Waals surface area (Å²) < 4.78 is 0. The fraction of sp³-hybridized carbons (Fsp3) is 1.00. The van der Waals surface area contributed by atoms with Crippen LogP contribution >= 0.6 is 0 Å². The fourth-order valence-electron chi connectivity index (χ4n) is 2.74. The van der Waals surface area contributed by atoms with E-state index in [2.05, 4.69) is 0 Å². The molecule has 0 aromatic rings. The van der Waals surface area contributed by atoms with Gasteiger partial charge < -0.3 is 10.5 Å². The lowest BCUT2D eigenvalue weighted by atomic mass is 9.57. The summed E-state index contributed by atoms with van der Waals surface area (Å²) >= 11 is 0. The molecule has 0 aromatic heterocycles. The van der Waals surface area contributed by atoms with Gasteiger partial charge in [-0.3, -0.25) is 0 Å². The maximum absolute atomic E-state index is 5.71. The summed E-state index contributed by atoms with van der Waals surface area (Å²) in [5.74, 6) is 0.814. The first-order valence-corrected chi connectivity index (χ1v) is 4.94. The molecule has 2 rings (SSSR count). The lowest BCUT2D eigenvalue weighted by Crippen LogP contribution is -2.48. The minimum atomic E-state index is 0.653. The van der Waals surface area contributed by atoms with Gasteiger partial charge in [-0.15, -0.1) is 0 Å². The molecule has 2 fully saturated rings. The Bertz CT molecular complexity index is 148. The highest BCUT2D eigenvalue weighted by atomic mass is 15.0. The molecule has 2 radical (unpaired) electrons. The minimum absolute atomic E-state index is 0.653. The molecule has 0 aromatic carbocycles. The first kappa shape index (κ1) is 8.58. The van der Waals surface area contributed by atoms with Gasteiger partial charge in [0.25, 0.3) is 0 Å². The molecule has 2 aliphatic rings. The monoisotopic (exact) mass is 164 g/mol. The van der Waals surface area contributed by atoms with Crippen molar-refractivity contribution in [2.45, 2.75) is 25.7 Å². The van der Waals surface area contributed by atoms with Gasteiger partial charge in [0.2, 0.25) is 0 Å². The molecular formula is C9H17BN2. The summed E-state index contributed by atoms with van der Waals surface area (Å²) in [4.78, 5) is 1.95. The maximum atomic E-state index is 5.71. The van der Waals surface area contributed by atoms with E-state index >= 15 is 0 Å². The summed E-state index contributed by atoms with van der Waals surface area (Å²) in [5, 5.41) is 0. The zero-order chi connectivity index (χ0) is 8.60. The first-order valence-electron chi connectivity index (χ1n) is 4.94. The van der Waals surface area contributed by atoms with Gasteiger partial charge in [0.15, 0.2) is 7.98 Å². The van der Waals surface area contributed by atoms with E-state index in [1.165, 1.54) is 25.7 Å². The molecule has 0 unspecified atom stereocenters. The van der Waals surface area contributed by atoms with Crippen LogP contribution in [0.4, 0.5) is 0 Å². The smallest absolute Gasteiger partial charge is 0.182 e. The van der Waals surface area contributed by atoms with Gasteiger partial charge in [-0.25, -0.2) is 0 Å². The molecule has 12 heavy (non-hydrogen) atoms. The van der Waals surface area contributed by atoms with Crippen LogP contribution < -0.4 is 5.73 Å². The average molecular weight is 164 g/mol. The highest BCUT2D eigenvalue weighted by molar-refractivity contribution is 6.04. The van der Waals surface area contributed by atoms with E-state index in [9.17, 15) is 0 Å². The largest absolute Gasteiger partial charge is 0.353 e. The van der Waals surface area contributed by atoms with E-state index in [0.29, 0.717) is 5.41 Å². The zero-order valence-corrected chi connectivity index (χ0v) is 7.63. The van der Waals surface area contributed by atoms with Crippen molar-refractivity contribution in [1.29, 1.82) is 0 Å². The number of rotatable bonds is 1. The number of hydrogen-bond acceptors (Lipinski definition) is 2. The summed E-state index contributed by atoms with van der Waals surface area (Å²) in [6, 6.07) is 0. The van der Waals surface area contributed by atoms with Crippen LogP contribution in [0.25, 0.3) is 0 Å². The van der Waals surface area contributed by atoms with Crippen LogP contribution in [0.1, 0.15) is 25.7 Å². The van der Waals surface area contributed by atoms with Gasteiger partial charge >= 0.3 is 0 Å². The van der Waals surface area contributed by atoms with E-state index in [1.54, 1.807) is 0 Å². The molecule has 66 valence electrons. The highest BCUT2D eigenvalue weighted by Gasteiger charge is 2.44. The molecule has 2 N–H and O–H groups in total. The third kappa shape index (κ3) is 1.40. The highest BCUT2D eigenvalue weighted by Crippen LogP contribution is 2.51. The van der Waals surface area contributed by atoms with Crippen molar-refractivity contribution in [1.82, 2.24) is 4.81 Å². The van der Waals surface area contributed by atoms with Crippen LogP contribution in [0, 0.1) is 11.3 Å². The van der Waals surface area contributed by atoms with E-state index in [0.717, 1.165) is 25.6 Å². The average Bonchev–Trinajstić information content (AvgIpc) is 2.02.